The molecule has 1 saturated heterocycles. The molecule has 7 atom stereocenters. The highest BCUT2D eigenvalue weighted by atomic mass is 16.7. The van der Waals surface area contributed by atoms with Gasteiger partial charge in [0.2, 0.25) is 5.91 Å². The van der Waals surface area contributed by atoms with Crippen molar-refractivity contribution in [2.24, 2.45) is 0 Å². The second-order valence-corrected chi connectivity index (χ2v) is 16.9. The van der Waals surface area contributed by atoms with Crippen molar-refractivity contribution in [3.8, 4) is 0 Å². The number of aliphatic hydroxyl groups excluding tert-OH is 5. The molecule has 0 radical (unpaired) electrons. The van der Waals surface area contributed by atoms with Crippen LogP contribution in [0.4, 0.5) is 0 Å². The van der Waals surface area contributed by atoms with E-state index in [9.17, 15) is 30.3 Å². The minimum atomic E-state index is -1.57. The van der Waals surface area contributed by atoms with Crippen molar-refractivity contribution in [2.75, 3.05) is 13.2 Å². The highest BCUT2D eigenvalue weighted by Gasteiger charge is 2.44. The summed E-state index contributed by atoms with van der Waals surface area (Å²) in [5, 5.41) is 54.2. The van der Waals surface area contributed by atoms with Gasteiger partial charge in [-0.05, 0) is 44.9 Å². The van der Waals surface area contributed by atoms with Gasteiger partial charge in [0.1, 0.15) is 24.4 Å². The molecule has 0 aromatic carbocycles. The Morgan fingerprint density at radius 1 is 0.569 bits per heavy atom. The first-order chi connectivity index (χ1) is 28.3. The standard InChI is InChI=1S/C49H91NO8/c1-3-5-7-9-11-13-15-17-19-20-21-22-23-25-27-29-31-33-35-37-39-45(53)50-42(41-57-49-48(56)47(55)46(54)44(40-51)58-49)43(52)38-36-34-32-30-28-26-24-18-16-14-12-10-8-6-4-2/h16,18,28,30,36,38,42-44,46-49,51-52,54-56H,3-15,17,19-27,29,31-35,37,39-41H2,1-2H3,(H,50,53)/b18-16+,30-28+,38-36+. The van der Waals surface area contributed by atoms with Crippen molar-refractivity contribution in [3.63, 3.8) is 0 Å². The maximum Gasteiger partial charge on any atom is 0.220 e. The highest BCUT2D eigenvalue weighted by Crippen LogP contribution is 2.23. The Hall–Kier alpha value is -1.59. The highest BCUT2D eigenvalue weighted by molar-refractivity contribution is 5.76. The average Bonchev–Trinajstić information content (AvgIpc) is 3.22. The molecule has 9 nitrogen and oxygen atoms in total. The van der Waals surface area contributed by atoms with Crippen molar-refractivity contribution in [1.29, 1.82) is 0 Å². The molecule has 1 aliphatic rings. The summed E-state index contributed by atoms with van der Waals surface area (Å²) in [6.45, 7) is 3.74. The first-order valence-corrected chi connectivity index (χ1v) is 24.2. The van der Waals surface area contributed by atoms with Crippen LogP contribution in [0.25, 0.3) is 0 Å². The fraction of sp³-hybridized carbons (Fsp3) is 0.857. The lowest BCUT2D eigenvalue weighted by Gasteiger charge is -2.40. The molecule has 1 amide bonds. The third kappa shape index (κ3) is 29.6. The Bertz CT molecular complexity index is 1000. The van der Waals surface area contributed by atoms with E-state index in [2.05, 4.69) is 43.5 Å². The van der Waals surface area contributed by atoms with Crippen molar-refractivity contribution in [3.05, 3.63) is 36.5 Å². The molecule has 9 heteroatoms. The number of rotatable bonds is 40. The Labute approximate surface area is 355 Å². The third-order valence-corrected chi connectivity index (χ3v) is 11.4. The Morgan fingerprint density at radius 2 is 0.983 bits per heavy atom. The number of hydrogen-bond acceptors (Lipinski definition) is 8. The minimum absolute atomic E-state index is 0.189. The molecule has 1 fully saturated rings. The minimum Gasteiger partial charge on any atom is -0.394 e. The van der Waals surface area contributed by atoms with Gasteiger partial charge in [0.15, 0.2) is 6.29 Å². The molecule has 0 saturated carbocycles. The zero-order chi connectivity index (χ0) is 42.3. The van der Waals surface area contributed by atoms with E-state index in [0.29, 0.717) is 6.42 Å². The summed E-state index contributed by atoms with van der Waals surface area (Å²) < 4.78 is 11.2. The molecule has 6 N–H and O–H groups in total. The number of carbonyl (C=O) groups excluding carboxylic acids is 1. The number of aliphatic hydroxyl groups is 5. The second-order valence-electron chi connectivity index (χ2n) is 16.9. The van der Waals surface area contributed by atoms with Crippen LogP contribution >= 0.6 is 0 Å². The molecular weight excluding hydrogens is 731 g/mol. The fourth-order valence-electron chi connectivity index (χ4n) is 7.54. The number of unbranched alkanes of at least 4 members (excludes halogenated alkanes) is 26. The van der Waals surface area contributed by atoms with E-state index in [1.165, 1.54) is 141 Å². The Morgan fingerprint density at radius 3 is 1.45 bits per heavy atom. The molecule has 1 heterocycles. The molecule has 1 rings (SSSR count). The van der Waals surface area contributed by atoms with Gasteiger partial charge in [-0.1, -0.05) is 198 Å². The topological polar surface area (TPSA) is 149 Å². The fourth-order valence-corrected chi connectivity index (χ4v) is 7.54. The second kappa shape index (κ2) is 39.5. The molecular formula is C49H91NO8. The number of amides is 1. The Kier molecular flexibility index (Phi) is 37.1. The van der Waals surface area contributed by atoms with Gasteiger partial charge in [-0.3, -0.25) is 4.79 Å². The molecule has 0 aliphatic carbocycles. The number of hydrogen-bond donors (Lipinski definition) is 6. The Balaban J connectivity index is 2.33. The third-order valence-electron chi connectivity index (χ3n) is 11.4. The molecule has 0 bridgehead atoms. The van der Waals surface area contributed by atoms with Crippen LogP contribution in [-0.2, 0) is 14.3 Å². The summed E-state index contributed by atoms with van der Waals surface area (Å²) in [6.07, 6.45) is 41.9. The summed E-state index contributed by atoms with van der Waals surface area (Å²) in [5.74, 6) is -0.189. The van der Waals surface area contributed by atoms with Crippen LogP contribution in [0, 0.1) is 0 Å². The van der Waals surface area contributed by atoms with Gasteiger partial charge in [-0.2, -0.15) is 0 Å². The van der Waals surface area contributed by atoms with Gasteiger partial charge in [0.05, 0.1) is 25.4 Å². The zero-order valence-electron chi connectivity index (χ0n) is 37.3. The van der Waals surface area contributed by atoms with Crippen LogP contribution in [-0.4, -0.2) is 87.5 Å². The maximum atomic E-state index is 13.0. The van der Waals surface area contributed by atoms with Crippen molar-refractivity contribution in [1.82, 2.24) is 5.32 Å². The number of ether oxygens (including phenoxy) is 2. The van der Waals surface area contributed by atoms with Crippen LogP contribution in [0.15, 0.2) is 36.5 Å². The predicted octanol–water partition coefficient (Wildman–Crippen LogP) is 10.5. The van der Waals surface area contributed by atoms with E-state index in [1.54, 1.807) is 6.08 Å². The van der Waals surface area contributed by atoms with Crippen molar-refractivity contribution >= 4 is 5.91 Å². The lowest BCUT2D eigenvalue weighted by Crippen LogP contribution is -2.60. The first kappa shape index (κ1) is 54.4. The maximum absolute atomic E-state index is 13.0. The zero-order valence-corrected chi connectivity index (χ0v) is 37.3. The predicted molar refractivity (Wildman–Crippen MR) is 240 cm³/mol. The van der Waals surface area contributed by atoms with Crippen LogP contribution in [0.5, 0.6) is 0 Å². The van der Waals surface area contributed by atoms with Gasteiger partial charge in [-0.15, -0.1) is 0 Å². The smallest absolute Gasteiger partial charge is 0.220 e. The van der Waals surface area contributed by atoms with Crippen LogP contribution in [0.3, 0.4) is 0 Å². The molecule has 1 aliphatic heterocycles. The van der Waals surface area contributed by atoms with E-state index in [0.717, 1.165) is 51.4 Å². The lowest BCUT2D eigenvalue weighted by atomic mass is 9.99. The summed E-state index contributed by atoms with van der Waals surface area (Å²) >= 11 is 0. The molecule has 58 heavy (non-hydrogen) atoms. The largest absolute Gasteiger partial charge is 0.394 e. The summed E-state index contributed by atoms with van der Waals surface area (Å²) in [5.41, 5.74) is 0. The average molecular weight is 822 g/mol. The van der Waals surface area contributed by atoms with E-state index in [-0.39, 0.29) is 12.5 Å². The summed E-state index contributed by atoms with van der Waals surface area (Å²) in [7, 11) is 0. The van der Waals surface area contributed by atoms with E-state index < -0.39 is 49.5 Å². The van der Waals surface area contributed by atoms with Crippen LogP contribution < -0.4 is 5.32 Å². The van der Waals surface area contributed by atoms with E-state index >= 15 is 0 Å². The summed E-state index contributed by atoms with van der Waals surface area (Å²) in [6, 6.07) is -0.824. The molecule has 0 aromatic rings. The van der Waals surface area contributed by atoms with E-state index in [1.807, 2.05) is 6.08 Å². The van der Waals surface area contributed by atoms with Gasteiger partial charge < -0.3 is 40.3 Å². The van der Waals surface area contributed by atoms with Crippen molar-refractivity contribution in [2.45, 2.75) is 256 Å². The molecule has 7 unspecified atom stereocenters. The number of carbonyl (C=O) groups is 1. The van der Waals surface area contributed by atoms with Gasteiger partial charge in [0.25, 0.3) is 0 Å². The summed E-state index contributed by atoms with van der Waals surface area (Å²) in [4.78, 5) is 13.0. The van der Waals surface area contributed by atoms with Gasteiger partial charge in [-0.25, -0.2) is 0 Å². The van der Waals surface area contributed by atoms with Crippen molar-refractivity contribution < 1.29 is 39.8 Å². The number of allylic oxidation sites excluding steroid dienone is 5. The normalized spacial score (nSPS) is 21.1. The lowest BCUT2D eigenvalue weighted by molar-refractivity contribution is -0.302. The molecule has 340 valence electrons. The monoisotopic (exact) mass is 822 g/mol. The van der Waals surface area contributed by atoms with E-state index in [4.69, 9.17) is 9.47 Å². The van der Waals surface area contributed by atoms with Crippen LogP contribution in [0.2, 0.25) is 0 Å². The first-order valence-electron chi connectivity index (χ1n) is 24.2. The number of nitrogens with one attached hydrogen (secondary N) is 1. The van der Waals surface area contributed by atoms with Crippen LogP contribution in [0.1, 0.15) is 213 Å². The molecule has 0 spiro atoms. The SMILES string of the molecule is CCCCCCC/C=C/CC/C=C/CC/C=C/C(O)C(COC1OC(CO)C(O)C(O)C1O)NC(=O)CCCCCCCCCCCCCCCCCCCCCC. The van der Waals surface area contributed by atoms with Gasteiger partial charge in [0, 0.05) is 6.42 Å². The quantitative estimate of drug-likeness (QED) is 0.0264. The van der Waals surface area contributed by atoms with Gasteiger partial charge >= 0.3 is 0 Å². The molecule has 0 aromatic heterocycles.